The number of carbonyl (C=O) groups excluding carboxylic acids is 1. The van der Waals surface area contributed by atoms with Gasteiger partial charge < -0.3 is 9.64 Å². The van der Waals surface area contributed by atoms with Crippen molar-refractivity contribution in [3.63, 3.8) is 0 Å². The first-order valence-electron chi connectivity index (χ1n) is 9.39. The van der Waals surface area contributed by atoms with Gasteiger partial charge in [-0.1, -0.05) is 31.4 Å². The zero-order valence-electron chi connectivity index (χ0n) is 15.4. The zero-order chi connectivity index (χ0) is 18.6. The van der Waals surface area contributed by atoms with E-state index in [0.29, 0.717) is 37.0 Å². The van der Waals surface area contributed by atoms with Gasteiger partial charge in [-0.05, 0) is 36.5 Å². The number of methoxy groups -OCH3 is 1. The second-order valence-corrected chi connectivity index (χ2v) is 9.06. The van der Waals surface area contributed by atoms with Gasteiger partial charge in [0.2, 0.25) is 15.9 Å². The van der Waals surface area contributed by atoms with Crippen molar-refractivity contribution in [3.8, 4) is 0 Å². The van der Waals surface area contributed by atoms with Crippen molar-refractivity contribution in [1.82, 2.24) is 9.21 Å². The number of rotatable bonds is 5. The molecule has 0 radical (unpaired) electrons. The highest BCUT2D eigenvalue weighted by atomic mass is 32.2. The lowest BCUT2D eigenvalue weighted by Gasteiger charge is -2.34. The molecule has 1 aliphatic heterocycles. The van der Waals surface area contributed by atoms with Crippen LogP contribution >= 0.6 is 0 Å². The fourth-order valence-electron chi connectivity index (χ4n) is 3.89. The third-order valence-corrected chi connectivity index (χ3v) is 7.37. The minimum Gasteiger partial charge on any atom is -0.375 e. The molecule has 1 aliphatic carbocycles. The third kappa shape index (κ3) is 4.27. The molecule has 3 rings (SSSR count). The molecule has 0 atom stereocenters. The summed E-state index contributed by atoms with van der Waals surface area (Å²) in [6, 6.07) is 7.42. The molecule has 1 aromatic rings. The SMILES string of the molecule is COCC(=O)N1CCN(S(=O)(=O)c2ccc(C3CCCCC3)cc2)CC1. The average molecular weight is 381 g/mol. The van der Waals surface area contributed by atoms with E-state index in [1.54, 1.807) is 17.0 Å². The number of benzene rings is 1. The number of carbonyl (C=O) groups is 1. The fourth-order valence-corrected chi connectivity index (χ4v) is 5.31. The van der Waals surface area contributed by atoms with Crippen LogP contribution in [0.5, 0.6) is 0 Å². The molecule has 0 N–H and O–H groups in total. The van der Waals surface area contributed by atoms with E-state index < -0.39 is 10.0 Å². The molecule has 144 valence electrons. The predicted molar refractivity (Wildman–Crippen MR) is 99.5 cm³/mol. The van der Waals surface area contributed by atoms with Gasteiger partial charge >= 0.3 is 0 Å². The average Bonchev–Trinajstić information content (AvgIpc) is 2.69. The molecule has 0 aromatic heterocycles. The van der Waals surface area contributed by atoms with E-state index in [2.05, 4.69) is 0 Å². The van der Waals surface area contributed by atoms with Crippen LogP contribution in [0.4, 0.5) is 0 Å². The Balaban J connectivity index is 1.64. The van der Waals surface area contributed by atoms with Crippen LogP contribution in [-0.2, 0) is 19.6 Å². The molecule has 1 aromatic carbocycles. The van der Waals surface area contributed by atoms with Crippen LogP contribution in [0.3, 0.4) is 0 Å². The Hall–Kier alpha value is -1.44. The zero-order valence-corrected chi connectivity index (χ0v) is 16.2. The van der Waals surface area contributed by atoms with E-state index in [9.17, 15) is 13.2 Å². The molecule has 0 unspecified atom stereocenters. The quantitative estimate of drug-likeness (QED) is 0.786. The van der Waals surface area contributed by atoms with Crippen molar-refractivity contribution in [2.24, 2.45) is 0 Å². The third-order valence-electron chi connectivity index (χ3n) is 5.45. The smallest absolute Gasteiger partial charge is 0.248 e. The topological polar surface area (TPSA) is 66.9 Å². The van der Waals surface area contributed by atoms with Gasteiger partial charge in [0.05, 0.1) is 4.90 Å². The summed E-state index contributed by atoms with van der Waals surface area (Å²) in [7, 11) is -2.03. The normalized spacial score (nSPS) is 20.3. The number of nitrogens with zero attached hydrogens (tertiary/aromatic N) is 2. The highest BCUT2D eigenvalue weighted by Crippen LogP contribution is 2.33. The van der Waals surface area contributed by atoms with Crippen LogP contribution in [0, 0.1) is 0 Å². The van der Waals surface area contributed by atoms with Gasteiger partial charge in [0, 0.05) is 33.3 Å². The lowest BCUT2D eigenvalue weighted by atomic mass is 9.84. The van der Waals surface area contributed by atoms with Gasteiger partial charge in [0.15, 0.2) is 0 Å². The van der Waals surface area contributed by atoms with E-state index in [1.165, 1.54) is 49.1 Å². The molecule has 7 heteroatoms. The summed E-state index contributed by atoms with van der Waals surface area (Å²) in [6.45, 7) is 1.49. The first kappa shape index (κ1) is 19.3. The standard InChI is InChI=1S/C19H28N2O4S/c1-25-15-19(22)20-11-13-21(14-12-20)26(23,24)18-9-7-17(8-10-18)16-5-3-2-4-6-16/h7-10,16H,2-6,11-15H2,1H3. The highest BCUT2D eigenvalue weighted by molar-refractivity contribution is 7.89. The van der Waals surface area contributed by atoms with Crippen LogP contribution in [-0.4, -0.2) is 63.4 Å². The lowest BCUT2D eigenvalue weighted by Crippen LogP contribution is -2.51. The Bertz CT molecular complexity index is 704. The second-order valence-electron chi connectivity index (χ2n) is 7.12. The number of hydrogen-bond acceptors (Lipinski definition) is 4. The summed E-state index contributed by atoms with van der Waals surface area (Å²) in [5, 5.41) is 0. The van der Waals surface area contributed by atoms with Crippen molar-refractivity contribution in [1.29, 1.82) is 0 Å². The molecular formula is C19H28N2O4S. The van der Waals surface area contributed by atoms with Crippen molar-refractivity contribution >= 4 is 15.9 Å². The first-order valence-corrected chi connectivity index (χ1v) is 10.8. The maximum absolute atomic E-state index is 12.9. The largest absolute Gasteiger partial charge is 0.375 e. The monoisotopic (exact) mass is 380 g/mol. The molecule has 1 amide bonds. The maximum atomic E-state index is 12.9. The van der Waals surface area contributed by atoms with Crippen LogP contribution in [0.1, 0.15) is 43.6 Å². The van der Waals surface area contributed by atoms with Crippen LogP contribution in [0.2, 0.25) is 0 Å². The minimum absolute atomic E-state index is 0.0371. The van der Waals surface area contributed by atoms with E-state index in [1.807, 2.05) is 12.1 Å². The molecule has 2 fully saturated rings. The molecule has 1 saturated carbocycles. The van der Waals surface area contributed by atoms with Crippen molar-refractivity contribution in [3.05, 3.63) is 29.8 Å². The van der Waals surface area contributed by atoms with Gasteiger partial charge in [-0.3, -0.25) is 4.79 Å². The Labute approximate surface area is 156 Å². The number of hydrogen-bond donors (Lipinski definition) is 0. The van der Waals surface area contributed by atoms with E-state index in [4.69, 9.17) is 4.74 Å². The second kappa shape index (κ2) is 8.50. The van der Waals surface area contributed by atoms with Gasteiger partial charge in [-0.15, -0.1) is 0 Å². The number of ether oxygens (including phenoxy) is 1. The number of amides is 1. The number of sulfonamides is 1. The Morgan fingerprint density at radius 2 is 1.65 bits per heavy atom. The van der Waals surface area contributed by atoms with Gasteiger partial charge in [-0.2, -0.15) is 4.31 Å². The van der Waals surface area contributed by atoms with Crippen LogP contribution < -0.4 is 0 Å². The number of piperazine rings is 1. The Morgan fingerprint density at radius 3 is 2.23 bits per heavy atom. The van der Waals surface area contributed by atoms with Crippen molar-refractivity contribution in [2.75, 3.05) is 39.9 Å². The summed E-state index contributed by atoms with van der Waals surface area (Å²) < 4.78 is 32.1. The van der Waals surface area contributed by atoms with E-state index in [-0.39, 0.29) is 12.5 Å². The molecule has 1 heterocycles. The van der Waals surface area contributed by atoms with Crippen LogP contribution in [0.25, 0.3) is 0 Å². The van der Waals surface area contributed by atoms with Gasteiger partial charge in [0.25, 0.3) is 0 Å². The first-order chi connectivity index (χ1) is 12.5. The highest BCUT2D eigenvalue weighted by Gasteiger charge is 2.30. The molecule has 0 bridgehead atoms. The molecule has 1 saturated heterocycles. The molecule has 6 nitrogen and oxygen atoms in total. The fraction of sp³-hybridized carbons (Fsp3) is 0.632. The molecular weight excluding hydrogens is 352 g/mol. The molecule has 2 aliphatic rings. The van der Waals surface area contributed by atoms with Crippen molar-refractivity contribution in [2.45, 2.75) is 42.9 Å². The Morgan fingerprint density at radius 1 is 1.04 bits per heavy atom. The van der Waals surface area contributed by atoms with Gasteiger partial charge in [-0.25, -0.2) is 8.42 Å². The lowest BCUT2D eigenvalue weighted by molar-refractivity contribution is -0.136. The molecule has 26 heavy (non-hydrogen) atoms. The summed E-state index contributed by atoms with van der Waals surface area (Å²) in [6.07, 6.45) is 6.22. The maximum Gasteiger partial charge on any atom is 0.248 e. The summed E-state index contributed by atoms with van der Waals surface area (Å²) in [4.78, 5) is 13.8. The van der Waals surface area contributed by atoms with Crippen LogP contribution in [0.15, 0.2) is 29.2 Å². The minimum atomic E-state index is -3.51. The molecule has 0 spiro atoms. The predicted octanol–water partition coefficient (Wildman–Crippen LogP) is 2.21. The Kier molecular flexibility index (Phi) is 6.32. The summed E-state index contributed by atoms with van der Waals surface area (Å²) in [5.41, 5.74) is 1.25. The van der Waals surface area contributed by atoms with Crippen molar-refractivity contribution < 1.29 is 17.9 Å². The summed E-state index contributed by atoms with van der Waals surface area (Å²) in [5.74, 6) is 0.470. The van der Waals surface area contributed by atoms with E-state index in [0.717, 1.165) is 0 Å². The van der Waals surface area contributed by atoms with E-state index >= 15 is 0 Å². The van der Waals surface area contributed by atoms with Gasteiger partial charge in [0.1, 0.15) is 6.61 Å². The summed E-state index contributed by atoms with van der Waals surface area (Å²) >= 11 is 0.